The Morgan fingerprint density at radius 3 is 1.93 bits per heavy atom. The van der Waals surface area contributed by atoms with Crippen molar-refractivity contribution in [3.05, 3.63) is 18.7 Å². The molecule has 0 aromatic carbocycles. The summed E-state index contributed by atoms with van der Waals surface area (Å²) in [7, 11) is 1.86. The van der Waals surface area contributed by atoms with Gasteiger partial charge >= 0.3 is 6.03 Å². The summed E-state index contributed by atoms with van der Waals surface area (Å²) in [4.78, 5) is 41.0. The number of hydrogen-bond donors (Lipinski definition) is 1. The van der Waals surface area contributed by atoms with Crippen molar-refractivity contribution in [3.63, 3.8) is 0 Å². The SMILES string of the molecule is C[n+]1ccn(C(=O)N2CCN(C(=O)C(C)(C)NC(=O)C(C)(C)C)CC2)c1.[I-]. The van der Waals surface area contributed by atoms with Crippen LogP contribution in [-0.4, -0.2) is 63.9 Å². The fourth-order valence-corrected chi connectivity index (χ4v) is 2.75. The summed E-state index contributed by atoms with van der Waals surface area (Å²) in [6.45, 7) is 10.7. The molecule has 1 aliphatic heterocycles. The van der Waals surface area contributed by atoms with Gasteiger partial charge in [0.2, 0.25) is 11.8 Å². The van der Waals surface area contributed by atoms with E-state index in [9.17, 15) is 14.4 Å². The Bertz CT molecular complexity index is 700. The van der Waals surface area contributed by atoms with Crippen LogP contribution >= 0.6 is 0 Å². The molecule has 1 N–H and O–H groups in total. The van der Waals surface area contributed by atoms with Crippen molar-refractivity contribution < 1.29 is 42.9 Å². The Balaban J connectivity index is 0.00000364. The molecule has 1 aromatic heterocycles. The van der Waals surface area contributed by atoms with Gasteiger partial charge < -0.3 is 39.1 Å². The van der Waals surface area contributed by atoms with Crippen LogP contribution in [0.1, 0.15) is 34.6 Å². The van der Waals surface area contributed by atoms with Crippen molar-refractivity contribution in [2.45, 2.75) is 40.2 Å². The number of halogens is 1. The molecule has 1 fully saturated rings. The Kier molecular flexibility index (Phi) is 7.43. The number of carbonyl (C=O) groups is 3. The van der Waals surface area contributed by atoms with Crippen LogP contribution in [0.25, 0.3) is 0 Å². The number of amides is 3. The lowest BCUT2D eigenvalue weighted by molar-refractivity contribution is -0.670. The molecular formula is C18H30IN5O3. The van der Waals surface area contributed by atoms with Gasteiger partial charge in [0.25, 0.3) is 6.33 Å². The maximum atomic E-state index is 12.8. The van der Waals surface area contributed by atoms with Gasteiger partial charge in [-0.2, -0.15) is 4.57 Å². The number of imidazole rings is 1. The number of hydrogen-bond acceptors (Lipinski definition) is 3. The first kappa shape index (κ1) is 23.4. The molecule has 0 atom stereocenters. The largest absolute Gasteiger partial charge is 1.00 e. The predicted octanol–water partition coefficient (Wildman–Crippen LogP) is -2.63. The van der Waals surface area contributed by atoms with E-state index in [2.05, 4.69) is 5.32 Å². The first-order valence-electron chi connectivity index (χ1n) is 8.86. The standard InChI is InChI=1S/C18H29N5O3.HI/c1-17(2,3)14(24)19-18(4,5)15(25)21-9-11-22(12-10-21)16(26)23-8-7-20(6)13-23;/h7-8,13H,9-12H2,1-6H3;1H. The molecular weight excluding hydrogens is 461 g/mol. The van der Waals surface area contributed by atoms with E-state index in [1.54, 1.807) is 46.9 Å². The molecule has 8 nitrogen and oxygen atoms in total. The molecule has 0 unspecified atom stereocenters. The molecule has 0 radical (unpaired) electrons. The van der Waals surface area contributed by atoms with Gasteiger partial charge in [-0.25, -0.2) is 9.36 Å². The quantitative estimate of drug-likeness (QED) is 0.364. The van der Waals surface area contributed by atoms with Crippen LogP contribution in [0.3, 0.4) is 0 Å². The summed E-state index contributed by atoms with van der Waals surface area (Å²) in [5.41, 5.74) is -1.54. The molecule has 0 aliphatic carbocycles. The average molecular weight is 491 g/mol. The summed E-state index contributed by atoms with van der Waals surface area (Å²) >= 11 is 0. The number of rotatable bonds is 2. The Hall–Kier alpha value is -1.65. The number of nitrogens with zero attached hydrogens (tertiary/aromatic N) is 4. The molecule has 152 valence electrons. The Morgan fingerprint density at radius 1 is 0.963 bits per heavy atom. The van der Waals surface area contributed by atoms with Crippen molar-refractivity contribution in [1.29, 1.82) is 0 Å². The number of carbonyl (C=O) groups excluding carboxylic acids is 3. The van der Waals surface area contributed by atoms with Crippen molar-refractivity contribution >= 4 is 17.8 Å². The van der Waals surface area contributed by atoms with E-state index in [-0.39, 0.29) is 41.8 Å². The van der Waals surface area contributed by atoms with Crippen LogP contribution < -0.4 is 33.9 Å². The molecule has 9 heteroatoms. The highest BCUT2D eigenvalue weighted by Crippen LogP contribution is 2.17. The van der Waals surface area contributed by atoms with Gasteiger partial charge in [0.1, 0.15) is 17.9 Å². The second-order valence-electron chi connectivity index (χ2n) is 8.38. The van der Waals surface area contributed by atoms with E-state index in [0.29, 0.717) is 26.2 Å². The zero-order valence-corrected chi connectivity index (χ0v) is 19.1. The number of aromatic nitrogens is 2. The second-order valence-corrected chi connectivity index (χ2v) is 8.38. The van der Waals surface area contributed by atoms with Crippen LogP contribution in [0.4, 0.5) is 4.79 Å². The summed E-state index contributed by atoms with van der Waals surface area (Å²) in [6, 6.07) is -0.0991. The highest BCUT2D eigenvalue weighted by Gasteiger charge is 2.38. The molecule has 27 heavy (non-hydrogen) atoms. The first-order chi connectivity index (χ1) is 11.9. The van der Waals surface area contributed by atoms with E-state index >= 15 is 0 Å². The summed E-state index contributed by atoms with van der Waals surface area (Å²) in [5, 5.41) is 2.84. The molecule has 1 aliphatic rings. The minimum Gasteiger partial charge on any atom is -1.00 e. The van der Waals surface area contributed by atoms with Gasteiger partial charge in [-0.05, 0) is 13.8 Å². The molecule has 0 spiro atoms. The van der Waals surface area contributed by atoms with Gasteiger partial charge in [-0.15, -0.1) is 0 Å². The van der Waals surface area contributed by atoms with Crippen LogP contribution in [0.15, 0.2) is 18.7 Å². The molecule has 3 amide bonds. The van der Waals surface area contributed by atoms with E-state index in [1.165, 1.54) is 4.57 Å². The molecule has 1 saturated heterocycles. The van der Waals surface area contributed by atoms with E-state index in [4.69, 9.17) is 0 Å². The van der Waals surface area contributed by atoms with E-state index in [1.807, 2.05) is 27.8 Å². The minimum absolute atomic E-state index is 0. The highest BCUT2D eigenvalue weighted by atomic mass is 127. The fourth-order valence-electron chi connectivity index (χ4n) is 2.75. The Morgan fingerprint density at radius 2 is 1.48 bits per heavy atom. The third-order valence-corrected chi connectivity index (χ3v) is 4.47. The van der Waals surface area contributed by atoms with Crippen LogP contribution in [-0.2, 0) is 16.6 Å². The lowest BCUT2D eigenvalue weighted by Crippen LogP contribution is -3.00. The lowest BCUT2D eigenvalue weighted by Gasteiger charge is -2.38. The average Bonchev–Trinajstić information content (AvgIpc) is 2.99. The zero-order valence-electron chi connectivity index (χ0n) is 17.0. The van der Waals surface area contributed by atoms with Crippen LogP contribution in [0.2, 0.25) is 0 Å². The third kappa shape index (κ3) is 5.66. The topological polar surface area (TPSA) is 78.5 Å². The van der Waals surface area contributed by atoms with Gasteiger partial charge in [0, 0.05) is 31.6 Å². The maximum Gasteiger partial charge on any atom is 0.415 e. The summed E-state index contributed by atoms with van der Waals surface area (Å²) in [5.74, 6) is -0.292. The summed E-state index contributed by atoms with van der Waals surface area (Å²) < 4.78 is 3.34. The van der Waals surface area contributed by atoms with E-state index < -0.39 is 11.0 Å². The van der Waals surface area contributed by atoms with Crippen molar-refractivity contribution in [2.24, 2.45) is 12.5 Å². The van der Waals surface area contributed by atoms with Gasteiger partial charge in [0.05, 0.1) is 7.05 Å². The predicted molar refractivity (Wildman–Crippen MR) is 96.2 cm³/mol. The first-order valence-corrected chi connectivity index (χ1v) is 8.86. The van der Waals surface area contributed by atoms with Crippen molar-refractivity contribution in [3.8, 4) is 0 Å². The lowest BCUT2D eigenvalue weighted by atomic mass is 9.93. The third-order valence-electron chi connectivity index (χ3n) is 4.47. The Labute approximate surface area is 177 Å². The zero-order chi connectivity index (χ0) is 19.7. The second kappa shape index (κ2) is 8.57. The van der Waals surface area contributed by atoms with Crippen LogP contribution in [0.5, 0.6) is 0 Å². The number of nitrogens with one attached hydrogen (secondary N) is 1. The van der Waals surface area contributed by atoms with Crippen LogP contribution in [0, 0.1) is 5.41 Å². The number of piperazine rings is 1. The number of aryl methyl sites for hydroxylation is 1. The normalized spacial score (nSPS) is 15.2. The monoisotopic (exact) mass is 491 g/mol. The molecule has 2 rings (SSSR count). The molecule has 2 heterocycles. The van der Waals surface area contributed by atoms with Gasteiger partial charge in [0.15, 0.2) is 0 Å². The van der Waals surface area contributed by atoms with Gasteiger partial charge in [-0.1, -0.05) is 20.8 Å². The molecule has 0 bridgehead atoms. The van der Waals surface area contributed by atoms with Crippen molar-refractivity contribution in [2.75, 3.05) is 26.2 Å². The fraction of sp³-hybridized carbons (Fsp3) is 0.667. The van der Waals surface area contributed by atoms with E-state index in [0.717, 1.165) is 0 Å². The summed E-state index contributed by atoms with van der Waals surface area (Å²) in [6.07, 6.45) is 5.23. The highest BCUT2D eigenvalue weighted by molar-refractivity contribution is 5.92. The smallest absolute Gasteiger partial charge is 0.415 e. The maximum absolute atomic E-state index is 12.8. The van der Waals surface area contributed by atoms with Gasteiger partial charge in [-0.3, -0.25) is 9.59 Å². The minimum atomic E-state index is -0.981. The molecule has 0 saturated carbocycles. The van der Waals surface area contributed by atoms with Crippen molar-refractivity contribution in [1.82, 2.24) is 19.7 Å². The molecule has 1 aromatic rings.